The van der Waals surface area contributed by atoms with Gasteiger partial charge in [0.05, 0.1) is 11.9 Å². The Morgan fingerprint density at radius 3 is 2.89 bits per heavy atom. The summed E-state index contributed by atoms with van der Waals surface area (Å²) in [7, 11) is 0. The van der Waals surface area contributed by atoms with Gasteiger partial charge in [0.25, 0.3) is 0 Å². The third-order valence-electron chi connectivity index (χ3n) is 2.41. The molecular formula is C13H13F2N3S. The zero-order chi connectivity index (χ0) is 13.7. The van der Waals surface area contributed by atoms with E-state index in [2.05, 4.69) is 15.5 Å². The predicted molar refractivity (Wildman–Crippen MR) is 74.2 cm³/mol. The first-order valence-corrected chi connectivity index (χ1v) is 6.60. The number of hydrazone groups is 1. The zero-order valence-corrected chi connectivity index (χ0v) is 11.1. The highest BCUT2D eigenvalue weighted by Crippen LogP contribution is 2.15. The van der Waals surface area contributed by atoms with Crippen molar-refractivity contribution in [2.24, 2.45) is 5.10 Å². The van der Waals surface area contributed by atoms with Crippen LogP contribution in [0.3, 0.4) is 0 Å². The van der Waals surface area contributed by atoms with Crippen LogP contribution in [0.2, 0.25) is 0 Å². The maximum absolute atomic E-state index is 12.4. The Labute approximate surface area is 114 Å². The Morgan fingerprint density at radius 2 is 2.21 bits per heavy atom. The predicted octanol–water partition coefficient (Wildman–Crippen LogP) is 3.71. The molecule has 0 saturated heterocycles. The minimum absolute atomic E-state index is 0.265. The van der Waals surface area contributed by atoms with Crippen molar-refractivity contribution < 1.29 is 8.78 Å². The van der Waals surface area contributed by atoms with E-state index in [0.717, 1.165) is 5.69 Å². The number of nitrogens with zero attached hydrogens (tertiary/aromatic N) is 2. The van der Waals surface area contributed by atoms with Crippen LogP contribution in [-0.2, 0) is 6.42 Å². The molecule has 0 amide bonds. The second-order valence-corrected chi connectivity index (χ2v) is 4.82. The lowest BCUT2D eigenvalue weighted by molar-refractivity contribution is 0.149. The molecule has 0 unspecified atom stereocenters. The molecule has 0 aliphatic heterocycles. The highest BCUT2D eigenvalue weighted by atomic mass is 32.1. The number of halogens is 2. The highest BCUT2D eigenvalue weighted by Gasteiger charge is 2.07. The third-order valence-corrected chi connectivity index (χ3v) is 3.28. The molecule has 0 spiro atoms. The smallest absolute Gasteiger partial charge is 0.242 e. The normalized spacial score (nSPS) is 11.4. The van der Waals surface area contributed by atoms with Gasteiger partial charge in [-0.1, -0.05) is 24.3 Å². The van der Waals surface area contributed by atoms with Crippen LogP contribution in [0.4, 0.5) is 13.9 Å². The Balaban J connectivity index is 2.05. The molecule has 1 N–H and O–H groups in total. The molecule has 6 heteroatoms. The van der Waals surface area contributed by atoms with E-state index < -0.39 is 6.43 Å². The van der Waals surface area contributed by atoms with Crippen molar-refractivity contribution in [2.45, 2.75) is 19.8 Å². The van der Waals surface area contributed by atoms with Gasteiger partial charge in [-0.2, -0.15) is 5.10 Å². The maximum atomic E-state index is 12.4. The highest BCUT2D eigenvalue weighted by molar-refractivity contribution is 7.13. The van der Waals surface area contributed by atoms with E-state index in [4.69, 9.17) is 0 Å². The van der Waals surface area contributed by atoms with E-state index in [9.17, 15) is 8.78 Å². The van der Waals surface area contributed by atoms with Crippen LogP contribution < -0.4 is 5.43 Å². The number of nitrogens with one attached hydrogen (secondary N) is 1. The molecule has 3 nitrogen and oxygen atoms in total. The van der Waals surface area contributed by atoms with E-state index in [-0.39, 0.29) is 6.42 Å². The average Bonchev–Trinajstić information content (AvgIpc) is 2.77. The molecule has 0 aliphatic rings. The van der Waals surface area contributed by atoms with Crippen LogP contribution in [0.1, 0.15) is 16.8 Å². The molecular weight excluding hydrogens is 268 g/mol. The third kappa shape index (κ3) is 4.10. The van der Waals surface area contributed by atoms with Gasteiger partial charge in [0.2, 0.25) is 11.6 Å². The average molecular weight is 281 g/mol. The van der Waals surface area contributed by atoms with Crippen LogP contribution >= 0.6 is 11.3 Å². The quantitative estimate of drug-likeness (QED) is 0.670. The summed E-state index contributed by atoms with van der Waals surface area (Å²) in [5, 5.41) is 6.61. The fraction of sp³-hybridized carbons (Fsp3) is 0.231. The topological polar surface area (TPSA) is 37.3 Å². The summed E-state index contributed by atoms with van der Waals surface area (Å²) >= 11 is 1.44. The van der Waals surface area contributed by atoms with Gasteiger partial charge < -0.3 is 0 Å². The van der Waals surface area contributed by atoms with Gasteiger partial charge in [-0.05, 0) is 18.1 Å². The van der Waals surface area contributed by atoms with E-state index in [0.29, 0.717) is 16.3 Å². The van der Waals surface area contributed by atoms with Gasteiger partial charge in [0.15, 0.2) is 0 Å². The molecule has 0 radical (unpaired) electrons. The van der Waals surface area contributed by atoms with Crippen LogP contribution in [-0.4, -0.2) is 17.6 Å². The summed E-state index contributed by atoms with van der Waals surface area (Å²) < 4.78 is 24.8. The number of thiazole rings is 1. The molecule has 0 bridgehead atoms. The summed E-state index contributed by atoms with van der Waals surface area (Å²) in [5.74, 6) is 0. The van der Waals surface area contributed by atoms with Crippen LogP contribution in [0.5, 0.6) is 0 Å². The molecule has 1 heterocycles. The fourth-order valence-electron chi connectivity index (χ4n) is 1.57. The Kier molecular flexibility index (Phi) is 4.57. The second-order valence-electron chi connectivity index (χ2n) is 3.96. The van der Waals surface area contributed by atoms with Crippen LogP contribution in [0, 0.1) is 6.92 Å². The number of alkyl halides is 2. The Hall–Kier alpha value is -1.82. The van der Waals surface area contributed by atoms with Crippen molar-refractivity contribution in [3.8, 4) is 0 Å². The van der Waals surface area contributed by atoms with Crippen molar-refractivity contribution in [1.82, 2.24) is 4.98 Å². The number of rotatable bonds is 5. The summed E-state index contributed by atoms with van der Waals surface area (Å²) in [6, 6.07) is 6.98. The van der Waals surface area contributed by atoms with Gasteiger partial charge >= 0.3 is 0 Å². The van der Waals surface area contributed by atoms with E-state index >= 15 is 0 Å². The zero-order valence-electron chi connectivity index (χ0n) is 10.3. The second kappa shape index (κ2) is 6.38. The minimum atomic E-state index is -2.36. The Morgan fingerprint density at radius 1 is 1.42 bits per heavy atom. The van der Waals surface area contributed by atoms with E-state index in [1.54, 1.807) is 24.3 Å². The van der Waals surface area contributed by atoms with Gasteiger partial charge in [-0.25, -0.2) is 13.8 Å². The number of aromatic nitrogens is 1. The number of hydrogen-bond donors (Lipinski definition) is 1. The molecule has 100 valence electrons. The van der Waals surface area contributed by atoms with Crippen molar-refractivity contribution in [3.63, 3.8) is 0 Å². The van der Waals surface area contributed by atoms with Crippen molar-refractivity contribution in [3.05, 3.63) is 46.5 Å². The van der Waals surface area contributed by atoms with E-state index in [1.807, 2.05) is 12.3 Å². The summed E-state index contributed by atoms with van der Waals surface area (Å²) in [5.41, 5.74) is 4.97. The molecule has 0 atom stereocenters. The summed E-state index contributed by atoms with van der Waals surface area (Å²) in [6.07, 6.45) is -1.09. The van der Waals surface area contributed by atoms with Crippen molar-refractivity contribution in [2.75, 3.05) is 5.43 Å². The summed E-state index contributed by atoms with van der Waals surface area (Å²) in [4.78, 5) is 4.19. The van der Waals surface area contributed by atoms with Crippen molar-refractivity contribution in [1.29, 1.82) is 0 Å². The van der Waals surface area contributed by atoms with Gasteiger partial charge in [-0.3, -0.25) is 5.43 Å². The first-order valence-electron chi connectivity index (χ1n) is 5.72. The molecule has 19 heavy (non-hydrogen) atoms. The number of benzene rings is 1. The lowest BCUT2D eigenvalue weighted by Crippen LogP contribution is -2.01. The standard InChI is InChI=1S/C13H13F2N3S/c1-9-8-19-13(17-9)18-16-7-11-5-3-2-4-10(11)6-12(14)15/h2-5,7-8,12H,6H2,1H3,(H,17,18). The minimum Gasteiger partial charge on any atom is -0.253 e. The monoisotopic (exact) mass is 281 g/mol. The van der Waals surface area contributed by atoms with E-state index in [1.165, 1.54) is 17.6 Å². The van der Waals surface area contributed by atoms with Crippen LogP contribution in [0.25, 0.3) is 0 Å². The largest absolute Gasteiger partial charge is 0.253 e. The maximum Gasteiger partial charge on any atom is 0.242 e. The van der Waals surface area contributed by atoms with Gasteiger partial charge in [0, 0.05) is 11.8 Å². The summed E-state index contributed by atoms with van der Waals surface area (Å²) in [6.45, 7) is 1.89. The number of aryl methyl sites for hydroxylation is 1. The molecule has 0 fully saturated rings. The van der Waals surface area contributed by atoms with Crippen LogP contribution in [0.15, 0.2) is 34.7 Å². The SMILES string of the molecule is Cc1csc(NN=Cc2ccccc2CC(F)F)n1. The molecule has 2 aromatic rings. The van der Waals surface area contributed by atoms with Gasteiger partial charge in [-0.15, -0.1) is 11.3 Å². The molecule has 2 rings (SSSR count). The molecule has 0 saturated carbocycles. The Bertz CT molecular complexity index is 567. The fourth-order valence-corrected chi connectivity index (χ4v) is 2.21. The lowest BCUT2D eigenvalue weighted by Gasteiger charge is -2.04. The van der Waals surface area contributed by atoms with Crippen molar-refractivity contribution >= 4 is 22.7 Å². The first-order chi connectivity index (χ1) is 9.15. The number of hydrogen-bond acceptors (Lipinski definition) is 4. The molecule has 1 aromatic heterocycles. The van der Waals surface area contributed by atoms with Gasteiger partial charge in [0.1, 0.15) is 0 Å². The molecule has 0 aliphatic carbocycles. The number of anilines is 1. The first kappa shape index (κ1) is 13.6. The lowest BCUT2D eigenvalue weighted by atomic mass is 10.1. The molecule has 1 aromatic carbocycles.